The Morgan fingerprint density at radius 3 is 2.23 bits per heavy atom. The zero-order valence-electron chi connectivity index (χ0n) is 20.4. The number of carbonyl (C=O) groups is 2. The number of anilines is 1. The number of hydrogen-bond donors (Lipinski definition) is 1. The second-order valence-corrected chi connectivity index (χ2v) is 10.9. The summed E-state index contributed by atoms with van der Waals surface area (Å²) in [6.45, 7) is 4.75. The number of carbonyl (C=O) groups excluding carboxylic acids is 2. The van der Waals surface area contributed by atoms with Crippen molar-refractivity contribution in [1.82, 2.24) is 10.2 Å². The fourth-order valence-electron chi connectivity index (χ4n) is 3.28. The molecule has 0 saturated carbocycles. The van der Waals surface area contributed by atoms with E-state index in [1.54, 1.807) is 43.3 Å². The number of halogens is 2. The minimum atomic E-state index is -3.85. The maximum absolute atomic E-state index is 13.6. The van der Waals surface area contributed by atoms with Gasteiger partial charge in [-0.15, -0.1) is 0 Å². The average Bonchev–Trinajstić information content (AvgIpc) is 2.80. The van der Waals surface area contributed by atoms with Crippen LogP contribution in [0.5, 0.6) is 5.75 Å². The molecule has 0 aliphatic rings. The Morgan fingerprint density at radius 2 is 1.69 bits per heavy atom. The van der Waals surface area contributed by atoms with Crippen LogP contribution in [0.15, 0.2) is 42.5 Å². The first-order chi connectivity index (χ1) is 16.4. The number of rotatable bonds is 11. The van der Waals surface area contributed by atoms with Gasteiger partial charge in [0.2, 0.25) is 21.8 Å². The molecule has 2 unspecified atom stereocenters. The molecule has 11 heteroatoms. The summed E-state index contributed by atoms with van der Waals surface area (Å²) in [6.07, 6.45) is 1.72. The predicted octanol–water partition coefficient (Wildman–Crippen LogP) is 4.10. The summed E-state index contributed by atoms with van der Waals surface area (Å²) in [4.78, 5) is 27.8. The summed E-state index contributed by atoms with van der Waals surface area (Å²) in [5.74, 6) is -0.534. The van der Waals surface area contributed by atoms with Crippen molar-refractivity contribution in [3.05, 3.63) is 58.1 Å². The Hall–Kier alpha value is -2.49. The lowest BCUT2D eigenvalue weighted by atomic mass is 10.1. The molecule has 8 nitrogen and oxygen atoms in total. The number of ether oxygens (including phenoxy) is 1. The molecular weight excluding hydrogens is 513 g/mol. The Balaban J connectivity index is 2.46. The van der Waals surface area contributed by atoms with E-state index in [2.05, 4.69) is 5.32 Å². The van der Waals surface area contributed by atoms with Crippen LogP contribution in [0.3, 0.4) is 0 Å². The van der Waals surface area contributed by atoms with E-state index in [4.69, 9.17) is 27.9 Å². The van der Waals surface area contributed by atoms with Gasteiger partial charge in [-0.05, 0) is 44.5 Å². The first kappa shape index (κ1) is 28.7. The van der Waals surface area contributed by atoms with Crippen molar-refractivity contribution in [2.45, 2.75) is 45.8 Å². The number of benzene rings is 2. The summed E-state index contributed by atoms with van der Waals surface area (Å²) < 4.78 is 31.4. The SMILES string of the molecule is CCC(C)NC(=O)C(C)N(Cc1c(Cl)cccc1Cl)C(=O)CN(c1cccc(OC)c1)S(C)(=O)=O. The van der Waals surface area contributed by atoms with Gasteiger partial charge in [-0.1, -0.05) is 42.3 Å². The van der Waals surface area contributed by atoms with E-state index in [1.165, 1.54) is 18.1 Å². The summed E-state index contributed by atoms with van der Waals surface area (Å²) >= 11 is 12.7. The maximum atomic E-state index is 13.6. The summed E-state index contributed by atoms with van der Waals surface area (Å²) in [7, 11) is -2.39. The van der Waals surface area contributed by atoms with Gasteiger partial charge in [-0.25, -0.2) is 8.42 Å². The Kier molecular flexibility index (Phi) is 10.2. The second-order valence-electron chi connectivity index (χ2n) is 8.19. The van der Waals surface area contributed by atoms with Crippen molar-refractivity contribution >= 4 is 50.7 Å². The Labute approximate surface area is 217 Å². The molecule has 0 saturated heterocycles. The van der Waals surface area contributed by atoms with Crippen molar-refractivity contribution in [2.24, 2.45) is 0 Å². The zero-order chi connectivity index (χ0) is 26.3. The molecular formula is C24H31Cl2N3O5S. The lowest BCUT2D eigenvalue weighted by Crippen LogP contribution is -2.52. The van der Waals surface area contributed by atoms with Gasteiger partial charge in [0.1, 0.15) is 18.3 Å². The molecule has 0 fully saturated rings. The van der Waals surface area contributed by atoms with Gasteiger partial charge < -0.3 is 15.0 Å². The molecule has 0 spiro atoms. The predicted molar refractivity (Wildman–Crippen MR) is 140 cm³/mol. The zero-order valence-corrected chi connectivity index (χ0v) is 22.7. The van der Waals surface area contributed by atoms with Crippen LogP contribution in [0.2, 0.25) is 10.0 Å². The van der Waals surface area contributed by atoms with Gasteiger partial charge in [-0.3, -0.25) is 13.9 Å². The molecule has 2 rings (SSSR count). The lowest BCUT2D eigenvalue weighted by molar-refractivity contribution is -0.139. The highest BCUT2D eigenvalue weighted by molar-refractivity contribution is 7.92. The molecule has 0 radical (unpaired) electrons. The van der Waals surface area contributed by atoms with E-state index in [0.717, 1.165) is 10.6 Å². The van der Waals surface area contributed by atoms with Gasteiger partial charge in [0, 0.05) is 34.3 Å². The van der Waals surface area contributed by atoms with E-state index >= 15 is 0 Å². The normalized spacial score (nSPS) is 13.0. The van der Waals surface area contributed by atoms with E-state index in [1.807, 2.05) is 13.8 Å². The highest BCUT2D eigenvalue weighted by Crippen LogP contribution is 2.28. The number of amides is 2. The average molecular weight is 545 g/mol. The molecule has 2 atom stereocenters. The summed E-state index contributed by atoms with van der Waals surface area (Å²) in [5, 5.41) is 3.53. The van der Waals surface area contributed by atoms with E-state index in [9.17, 15) is 18.0 Å². The smallest absolute Gasteiger partial charge is 0.244 e. The highest BCUT2D eigenvalue weighted by Gasteiger charge is 2.31. The van der Waals surface area contributed by atoms with Crippen molar-refractivity contribution in [3.8, 4) is 5.75 Å². The number of sulfonamides is 1. The molecule has 0 aliphatic heterocycles. The molecule has 2 amide bonds. The number of nitrogens with one attached hydrogen (secondary N) is 1. The Bertz CT molecular complexity index is 1140. The largest absolute Gasteiger partial charge is 0.497 e. The molecule has 2 aromatic rings. The summed E-state index contributed by atoms with van der Waals surface area (Å²) in [6, 6.07) is 10.3. The monoisotopic (exact) mass is 543 g/mol. The maximum Gasteiger partial charge on any atom is 0.244 e. The van der Waals surface area contributed by atoms with Crippen LogP contribution in [0.25, 0.3) is 0 Å². The van der Waals surface area contributed by atoms with Gasteiger partial charge >= 0.3 is 0 Å². The quantitative estimate of drug-likeness (QED) is 0.460. The van der Waals surface area contributed by atoms with Crippen LogP contribution in [0.1, 0.15) is 32.8 Å². The molecule has 35 heavy (non-hydrogen) atoms. The van der Waals surface area contributed by atoms with Crippen LogP contribution >= 0.6 is 23.2 Å². The lowest BCUT2D eigenvalue weighted by Gasteiger charge is -2.32. The first-order valence-electron chi connectivity index (χ1n) is 11.0. The van der Waals surface area contributed by atoms with Crippen LogP contribution in [-0.4, -0.2) is 57.1 Å². The van der Waals surface area contributed by atoms with E-state index in [0.29, 0.717) is 27.8 Å². The minimum absolute atomic E-state index is 0.0812. The Morgan fingerprint density at radius 1 is 1.09 bits per heavy atom. The first-order valence-corrected chi connectivity index (χ1v) is 13.6. The molecule has 192 valence electrons. The fraction of sp³-hybridized carbons (Fsp3) is 0.417. The standard InChI is InChI=1S/C24H31Cl2N3O5S/c1-6-16(2)27-24(31)17(3)28(14-20-21(25)11-8-12-22(20)26)23(30)15-29(35(5,32)33)18-9-7-10-19(13-18)34-4/h7-13,16-17H,6,14-15H2,1-5H3,(H,27,31). The van der Waals surface area contributed by atoms with E-state index < -0.39 is 28.5 Å². The van der Waals surface area contributed by atoms with Gasteiger partial charge in [0.25, 0.3) is 0 Å². The molecule has 0 aromatic heterocycles. The van der Waals surface area contributed by atoms with Crippen LogP contribution in [0.4, 0.5) is 5.69 Å². The molecule has 1 N–H and O–H groups in total. The number of nitrogens with zero attached hydrogens (tertiary/aromatic N) is 2. The van der Waals surface area contributed by atoms with Crippen LogP contribution < -0.4 is 14.4 Å². The van der Waals surface area contributed by atoms with Gasteiger partial charge in [0.05, 0.1) is 19.1 Å². The van der Waals surface area contributed by atoms with E-state index in [-0.39, 0.29) is 24.2 Å². The van der Waals surface area contributed by atoms with Crippen LogP contribution in [-0.2, 0) is 26.2 Å². The van der Waals surface area contributed by atoms with Crippen molar-refractivity contribution in [3.63, 3.8) is 0 Å². The highest BCUT2D eigenvalue weighted by atomic mass is 35.5. The molecule has 0 bridgehead atoms. The summed E-state index contributed by atoms with van der Waals surface area (Å²) in [5.41, 5.74) is 0.715. The van der Waals surface area contributed by atoms with Crippen molar-refractivity contribution < 1.29 is 22.7 Å². The third-order valence-corrected chi connectivity index (χ3v) is 7.43. The van der Waals surface area contributed by atoms with Crippen LogP contribution in [0, 0.1) is 0 Å². The number of hydrogen-bond acceptors (Lipinski definition) is 5. The van der Waals surface area contributed by atoms with Gasteiger partial charge in [0.15, 0.2) is 0 Å². The second kappa shape index (κ2) is 12.5. The third-order valence-electron chi connectivity index (χ3n) is 5.58. The molecule has 0 heterocycles. The fourth-order valence-corrected chi connectivity index (χ4v) is 4.64. The topological polar surface area (TPSA) is 96.0 Å². The third kappa shape index (κ3) is 7.75. The van der Waals surface area contributed by atoms with Crippen molar-refractivity contribution in [2.75, 3.05) is 24.2 Å². The van der Waals surface area contributed by atoms with Crippen molar-refractivity contribution in [1.29, 1.82) is 0 Å². The molecule has 0 aliphatic carbocycles. The minimum Gasteiger partial charge on any atom is -0.497 e. The molecule has 2 aromatic carbocycles. The number of methoxy groups -OCH3 is 1. The van der Waals surface area contributed by atoms with Gasteiger partial charge in [-0.2, -0.15) is 0 Å².